The molecule has 29 heavy (non-hydrogen) atoms. The molecule has 3 heterocycles. The first kappa shape index (κ1) is 19.2. The van der Waals surface area contributed by atoms with E-state index in [2.05, 4.69) is 30.6 Å². The van der Waals surface area contributed by atoms with Gasteiger partial charge in [-0.3, -0.25) is 9.78 Å². The van der Waals surface area contributed by atoms with Gasteiger partial charge < -0.3 is 15.6 Å². The van der Waals surface area contributed by atoms with E-state index in [1.807, 2.05) is 42.5 Å². The molecule has 0 radical (unpaired) electrons. The predicted molar refractivity (Wildman–Crippen MR) is 114 cm³/mol. The summed E-state index contributed by atoms with van der Waals surface area (Å²) in [6.07, 6.45) is 3.34. The molecule has 1 amide bonds. The van der Waals surface area contributed by atoms with Crippen molar-refractivity contribution in [3.8, 4) is 0 Å². The number of H-pyrrole nitrogens is 1. The quantitative estimate of drug-likeness (QED) is 0.372. The Morgan fingerprint density at radius 1 is 1.03 bits per heavy atom. The van der Waals surface area contributed by atoms with E-state index in [1.165, 1.54) is 11.3 Å². The highest BCUT2D eigenvalue weighted by atomic mass is 32.1. The first-order valence-corrected chi connectivity index (χ1v) is 10.4. The van der Waals surface area contributed by atoms with Gasteiger partial charge in [0.15, 0.2) is 0 Å². The van der Waals surface area contributed by atoms with Gasteiger partial charge >= 0.3 is 0 Å². The van der Waals surface area contributed by atoms with E-state index in [4.69, 9.17) is 0 Å². The molecule has 148 valence electrons. The number of nitrogens with one attached hydrogen (secondary N) is 3. The van der Waals surface area contributed by atoms with Crippen LogP contribution in [0.3, 0.4) is 0 Å². The van der Waals surface area contributed by atoms with Crippen LogP contribution in [-0.2, 0) is 19.4 Å². The van der Waals surface area contributed by atoms with Gasteiger partial charge in [0.05, 0.1) is 28.3 Å². The maximum atomic E-state index is 12.2. The zero-order valence-corrected chi connectivity index (χ0v) is 16.7. The number of amides is 1. The van der Waals surface area contributed by atoms with Crippen LogP contribution in [0.1, 0.15) is 27.0 Å². The van der Waals surface area contributed by atoms with Crippen LogP contribution in [0.25, 0.3) is 11.0 Å². The number of hydrogen-bond donors (Lipinski definition) is 3. The molecular weight excluding hydrogens is 384 g/mol. The van der Waals surface area contributed by atoms with E-state index in [0.717, 1.165) is 53.5 Å². The molecule has 7 nitrogen and oxygen atoms in total. The first-order chi connectivity index (χ1) is 14.3. The summed E-state index contributed by atoms with van der Waals surface area (Å²) in [6, 6.07) is 13.7. The molecule has 8 heteroatoms. The summed E-state index contributed by atoms with van der Waals surface area (Å²) in [7, 11) is 0. The topological polar surface area (TPSA) is 95.6 Å². The van der Waals surface area contributed by atoms with Crippen LogP contribution in [0.15, 0.2) is 54.0 Å². The molecule has 4 rings (SSSR count). The molecule has 0 unspecified atom stereocenters. The summed E-state index contributed by atoms with van der Waals surface area (Å²) in [6.45, 7) is 2.04. The molecule has 0 aliphatic rings. The van der Waals surface area contributed by atoms with Crippen molar-refractivity contribution in [2.24, 2.45) is 0 Å². The third-order valence-corrected chi connectivity index (χ3v) is 5.34. The fourth-order valence-corrected chi connectivity index (χ4v) is 3.72. The number of nitrogens with zero attached hydrogens (tertiary/aromatic N) is 3. The minimum atomic E-state index is -0.170. The summed E-state index contributed by atoms with van der Waals surface area (Å²) < 4.78 is 0. The number of aromatic amines is 1. The van der Waals surface area contributed by atoms with Crippen molar-refractivity contribution in [3.05, 3.63) is 76.3 Å². The lowest BCUT2D eigenvalue weighted by Crippen LogP contribution is -2.24. The summed E-state index contributed by atoms with van der Waals surface area (Å²) in [5, 5.41) is 9.01. The molecule has 4 aromatic rings. The number of rotatable bonds is 9. The van der Waals surface area contributed by atoms with Crippen LogP contribution < -0.4 is 10.6 Å². The van der Waals surface area contributed by atoms with Gasteiger partial charge in [-0.05, 0) is 24.3 Å². The lowest BCUT2D eigenvalue weighted by Gasteiger charge is -2.02. The molecule has 0 atom stereocenters. The minimum Gasteiger partial charge on any atom is -0.345 e. The molecule has 0 saturated carbocycles. The molecule has 0 aliphatic carbocycles. The average molecular weight is 407 g/mol. The summed E-state index contributed by atoms with van der Waals surface area (Å²) in [5.41, 5.74) is 3.35. The second-order valence-corrected chi connectivity index (χ2v) is 7.52. The second kappa shape index (κ2) is 9.40. The number of aromatic nitrogens is 4. The van der Waals surface area contributed by atoms with Crippen LogP contribution in [0.2, 0.25) is 0 Å². The highest BCUT2D eigenvalue weighted by molar-refractivity contribution is 7.09. The van der Waals surface area contributed by atoms with Crippen molar-refractivity contribution in [1.82, 2.24) is 30.6 Å². The lowest BCUT2D eigenvalue weighted by atomic mass is 10.3. The number of pyridine rings is 1. The third kappa shape index (κ3) is 5.24. The normalized spacial score (nSPS) is 11.0. The molecule has 0 saturated heterocycles. The van der Waals surface area contributed by atoms with Crippen molar-refractivity contribution in [2.45, 2.75) is 19.4 Å². The summed E-state index contributed by atoms with van der Waals surface area (Å²) >= 11 is 1.51. The van der Waals surface area contributed by atoms with Crippen molar-refractivity contribution < 1.29 is 4.79 Å². The number of thiazole rings is 1. The third-order valence-electron chi connectivity index (χ3n) is 4.43. The van der Waals surface area contributed by atoms with Crippen LogP contribution >= 0.6 is 11.3 Å². The largest absolute Gasteiger partial charge is 0.345 e. The van der Waals surface area contributed by atoms with Crippen LogP contribution in [0.5, 0.6) is 0 Å². The Bertz CT molecular complexity index is 1040. The number of hydrogen-bond acceptors (Lipinski definition) is 6. The highest BCUT2D eigenvalue weighted by Gasteiger charge is 2.10. The van der Waals surface area contributed by atoms with E-state index >= 15 is 0 Å². The average Bonchev–Trinajstić information content (AvgIpc) is 3.39. The first-order valence-electron chi connectivity index (χ1n) is 9.55. The zero-order chi connectivity index (χ0) is 19.9. The van der Waals surface area contributed by atoms with Gasteiger partial charge in [-0.2, -0.15) is 0 Å². The second-order valence-electron chi connectivity index (χ2n) is 6.58. The minimum absolute atomic E-state index is 0.170. The van der Waals surface area contributed by atoms with E-state index in [9.17, 15) is 4.79 Å². The number of carbonyl (C=O) groups excluding carboxylic acids is 1. The van der Waals surface area contributed by atoms with Gasteiger partial charge in [-0.15, -0.1) is 11.3 Å². The molecule has 3 N–H and O–H groups in total. The van der Waals surface area contributed by atoms with Gasteiger partial charge in [-0.25, -0.2) is 9.97 Å². The number of benzene rings is 1. The SMILES string of the molecule is O=C(NCc1ccccn1)c1csc(CCNCCc2nc3ccccc3[nH]2)n1. The van der Waals surface area contributed by atoms with Gasteiger partial charge in [0.25, 0.3) is 5.91 Å². The Hall–Kier alpha value is -3.10. The molecule has 0 spiro atoms. The summed E-state index contributed by atoms with van der Waals surface area (Å²) in [5.74, 6) is 0.816. The Balaban J connectivity index is 1.17. The van der Waals surface area contributed by atoms with Gasteiger partial charge in [0.1, 0.15) is 11.5 Å². The fraction of sp³-hybridized carbons (Fsp3) is 0.238. The molecule has 0 bridgehead atoms. The smallest absolute Gasteiger partial charge is 0.271 e. The Morgan fingerprint density at radius 3 is 2.76 bits per heavy atom. The number of imidazole rings is 1. The molecule has 0 fully saturated rings. The highest BCUT2D eigenvalue weighted by Crippen LogP contribution is 2.11. The fourth-order valence-electron chi connectivity index (χ4n) is 2.95. The van der Waals surface area contributed by atoms with Crippen LogP contribution in [0.4, 0.5) is 0 Å². The van der Waals surface area contributed by atoms with E-state index < -0.39 is 0 Å². The molecular formula is C21H22N6OS. The van der Waals surface area contributed by atoms with Crippen molar-refractivity contribution >= 4 is 28.3 Å². The Kier molecular flexibility index (Phi) is 6.23. The Morgan fingerprint density at radius 2 is 1.90 bits per heavy atom. The molecule has 3 aromatic heterocycles. The monoisotopic (exact) mass is 406 g/mol. The van der Waals surface area contributed by atoms with Crippen molar-refractivity contribution in [1.29, 1.82) is 0 Å². The van der Waals surface area contributed by atoms with E-state index in [1.54, 1.807) is 11.6 Å². The van der Waals surface area contributed by atoms with Gasteiger partial charge in [-0.1, -0.05) is 18.2 Å². The summed E-state index contributed by atoms with van der Waals surface area (Å²) in [4.78, 5) is 28.8. The van der Waals surface area contributed by atoms with E-state index in [0.29, 0.717) is 12.2 Å². The predicted octanol–water partition coefficient (Wildman–Crippen LogP) is 2.72. The number of carbonyl (C=O) groups is 1. The van der Waals surface area contributed by atoms with Crippen LogP contribution in [-0.4, -0.2) is 38.9 Å². The lowest BCUT2D eigenvalue weighted by molar-refractivity contribution is 0.0946. The Labute approximate surface area is 172 Å². The zero-order valence-electron chi connectivity index (χ0n) is 15.9. The van der Waals surface area contributed by atoms with Crippen molar-refractivity contribution in [2.75, 3.05) is 13.1 Å². The van der Waals surface area contributed by atoms with Crippen LogP contribution in [0, 0.1) is 0 Å². The number of fused-ring (bicyclic) bond motifs is 1. The maximum absolute atomic E-state index is 12.2. The van der Waals surface area contributed by atoms with Gasteiger partial charge in [0.2, 0.25) is 0 Å². The molecule has 1 aromatic carbocycles. The van der Waals surface area contributed by atoms with E-state index in [-0.39, 0.29) is 5.91 Å². The van der Waals surface area contributed by atoms with Crippen molar-refractivity contribution in [3.63, 3.8) is 0 Å². The maximum Gasteiger partial charge on any atom is 0.271 e. The number of para-hydroxylation sites is 2. The molecule has 0 aliphatic heterocycles. The van der Waals surface area contributed by atoms with Gasteiger partial charge in [0, 0.05) is 37.5 Å². The standard InChI is InChI=1S/C21H22N6OS/c28-21(24-13-15-5-3-4-10-23-15)18-14-29-20(27-18)9-12-22-11-8-19-25-16-6-1-2-7-17(16)26-19/h1-7,10,14,22H,8-9,11-13H2,(H,24,28)(H,25,26).